The third-order valence-electron chi connectivity index (χ3n) is 2.94. The summed E-state index contributed by atoms with van der Waals surface area (Å²) in [6.45, 7) is 3.81. The Morgan fingerprint density at radius 2 is 1.89 bits per heavy atom. The molecule has 2 rings (SSSR count). The van der Waals surface area contributed by atoms with Crippen molar-refractivity contribution in [3.8, 4) is 0 Å². The van der Waals surface area contributed by atoms with Crippen LogP contribution < -0.4 is 11.1 Å². The molecule has 2 aromatic carbocycles. The first-order valence-corrected chi connectivity index (χ1v) is 6.29. The minimum atomic E-state index is -0.188. The molecule has 3 nitrogen and oxygen atoms in total. The average molecular weight is 275 g/mol. The third kappa shape index (κ3) is 3.06. The highest BCUT2D eigenvalue weighted by Crippen LogP contribution is 2.20. The van der Waals surface area contributed by atoms with Crippen molar-refractivity contribution >= 4 is 28.9 Å². The first-order valence-electron chi connectivity index (χ1n) is 5.91. The van der Waals surface area contributed by atoms with Gasteiger partial charge in [-0.1, -0.05) is 23.7 Å². The second kappa shape index (κ2) is 5.33. The Balaban J connectivity index is 2.28. The number of hydrogen-bond acceptors (Lipinski definition) is 2. The van der Waals surface area contributed by atoms with Crippen LogP contribution in [0.5, 0.6) is 0 Å². The summed E-state index contributed by atoms with van der Waals surface area (Å²) >= 11 is 5.88. The van der Waals surface area contributed by atoms with Crippen LogP contribution in [0.4, 0.5) is 11.4 Å². The number of hydrogen-bond donors (Lipinski definition) is 2. The molecule has 0 saturated carbocycles. The van der Waals surface area contributed by atoms with Gasteiger partial charge in [0.15, 0.2) is 0 Å². The molecule has 2 aromatic rings. The highest BCUT2D eigenvalue weighted by Gasteiger charge is 2.11. The lowest BCUT2D eigenvalue weighted by molar-refractivity contribution is 0.102. The number of nitrogens with one attached hydrogen (secondary N) is 1. The van der Waals surface area contributed by atoms with Crippen LogP contribution in [0.3, 0.4) is 0 Å². The van der Waals surface area contributed by atoms with Crippen LogP contribution in [-0.4, -0.2) is 5.91 Å². The van der Waals surface area contributed by atoms with E-state index in [1.54, 1.807) is 30.3 Å². The normalized spacial score (nSPS) is 10.3. The molecule has 0 heterocycles. The van der Waals surface area contributed by atoms with E-state index in [1.165, 1.54) is 0 Å². The van der Waals surface area contributed by atoms with Crippen LogP contribution >= 0.6 is 11.6 Å². The standard InChI is InChI=1S/C15H15ClN2O/c1-9-6-10(2)14(17)8-13(9)15(19)18-12-5-3-4-11(16)7-12/h3-8H,17H2,1-2H3,(H,18,19). The lowest BCUT2D eigenvalue weighted by Crippen LogP contribution is -2.14. The Morgan fingerprint density at radius 3 is 2.58 bits per heavy atom. The molecule has 98 valence electrons. The fourth-order valence-corrected chi connectivity index (χ4v) is 2.07. The van der Waals surface area contributed by atoms with Gasteiger partial charge in [0.1, 0.15) is 0 Å². The van der Waals surface area contributed by atoms with Crippen molar-refractivity contribution < 1.29 is 4.79 Å². The average Bonchev–Trinajstić information content (AvgIpc) is 2.33. The molecule has 0 aliphatic rings. The van der Waals surface area contributed by atoms with Crippen molar-refractivity contribution in [3.05, 3.63) is 58.1 Å². The van der Waals surface area contributed by atoms with Gasteiger partial charge < -0.3 is 11.1 Å². The van der Waals surface area contributed by atoms with Crippen LogP contribution in [-0.2, 0) is 0 Å². The fraction of sp³-hybridized carbons (Fsp3) is 0.133. The predicted molar refractivity (Wildman–Crippen MR) is 79.7 cm³/mol. The predicted octanol–water partition coefficient (Wildman–Crippen LogP) is 3.79. The van der Waals surface area contributed by atoms with Crippen LogP contribution in [0, 0.1) is 13.8 Å². The molecule has 0 atom stereocenters. The van der Waals surface area contributed by atoms with Gasteiger partial charge in [0.05, 0.1) is 0 Å². The number of nitrogens with two attached hydrogens (primary N) is 1. The van der Waals surface area contributed by atoms with Gasteiger partial charge in [-0.15, -0.1) is 0 Å². The Labute approximate surface area is 117 Å². The maximum Gasteiger partial charge on any atom is 0.256 e. The molecule has 0 saturated heterocycles. The topological polar surface area (TPSA) is 55.1 Å². The molecule has 19 heavy (non-hydrogen) atoms. The first kappa shape index (κ1) is 13.4. The number of carbonyl (C=O) groups is 1. The fourth-order valence-electron chi connectivity index (χ4n) is 1.88. The molecular weight excluding hydrogens is 260 g/mol. The summed E-state index contributed by atoms with van der Waals surface area (Å²) in [6, 6.07) is 10.6. The van der Waals surface area contributed by atoms with E-state index in [0.717, 1.165) is 11.1 Å². The Kier molecular flexibility index (Phi) is 3.76. The summed E-state index contributed by atoms with van der Waals surface area (Å²) in [7, 11) is 0. The Bertz CT molecular complexity index is 638. The van der Waals surface area contributed by atoms with Crippen LogP contribution in [0.15, 0.2) is 36.4 Å². The SMILES string of the molecule is Cc1cc(C)c(C(=O)Nc2cccc(Cl)c2)cc1N. The van der Waals surface area contributed by atoms with Crippen molar-refractivity contribution in [3.63, 3.8) is 0 Å². The van der Waals surface area contributed by atoms with Gasteiger partial charge in [0.2, 0.25) is 0 Å². The van der Waals surface area contributed by atoms with E-state index in [1.807, 2.05) is 19.9 Å². The molecule has 0 aromatic heterocycles. The van der Waals surface area contributed by atoms with Gasteiger partial charge in [0.25, 0.3) is 5.91 Å². The number of rotatable bonds is 2. The van der Waals surface area contributed by atoms with Crippen molar-refractivity contribution in [2.45, 2.75) is 13.8 Å². The molecule has 0 aliphatic heterocycles. The highest BCUT2D eigenvalue weighted by molar-refractivity contribution is 6.31. The summed E-state index contributed by atoms with van der Waals surface area (Å²) in [5, 5.41) is 3.39. The van der Waals surface area contributed by atoms with Crippen LogP contribution in [0.25, 0.3) is 0 Å². The van der Waals surface area contributed by atoms with E-state index in [4.69, 9.17) is 17.3 Å². The first-order chi connectivity index (χ1) is 8.97. The van der Waals surface area contributed by atoms with Gasteiger partial charge in [-0.25, -0.2) is 0 Å². The summed E-state index contributed by atoms with van der Waals surface area (Å²) in [5.74, 6) is -0.188. The molecule has 0 unspecified atom stereocenters. The van der Waals surface area contributed by atoms with E-state index in [2.05, 4.69) is 5.32 Å². The molecule has 0 spiro atoms. The van der Waals surface area contributed by atoms with E-state index in [9.17, 15) is 4.79 Å². The van der Waals surface area contributed by atoms with E-state index >= 15 is 0 Å². The smallest absolute Gasteiger partial charge is 0.256 e. The number of benzene rings is 2. The monoisotopic (exact) mass is 274 g/mol. The number of carbonyl (C=O) groups excluding carboxylic acids is 1. The lowest BCUT2D eigenvalue weighted by Gasteiger charge is -2.10. The van der Waals surface area contributed by atoms with Crippen LogP contribution in [0.1, 0.15) is 21.5 Å². The second-order valence-electron chi connectivity index (χ2n) is 4.49. The number of halogens is 1. The largest absolute Gasteiger partial charge is 0.398 e. The zero-order valence-electron chi connectivity index (χ0n) is 10.8. The van der Waals surface area contributed by atoms with E-state index in [-0.39, 0.29) is 5.91 Å². The molecule has 0 aliphatic carbocycles. The van der Waals surface area contributed by atoms with Crippen LogP contribution in [0.2, 0.25) is 5.02 Å². The number of anilines is 2. The second-order valence-corrected chi connectivity index (χ2v) is 4.92. The molecule has 4 heteroatoms. The van der Waals surface area contributed by atoms with E-state index < -0.39 is 0 Å². The molecule has 0 radical (unpaired) electrons. The number of aryl methyl sites for hydroxylation is 2. The maximum atomic E-state index is 12.2. The third-order valence-corrected chi connectivity index (χ3v) is 3.18. The summed E-state index contributed by atoms with van der Waals surface area (Å²) < 4.78 is 0. The minimum Gasteiger partial charge on any atom is -0.398 e. The molecule has 0 fully saturated rings. The number of nitrogen functional groups attached to an aromatic ring is 1. The molecular formula is C15H15ClN2O. The van der Waals surface area contributed by atoms with Gasteiger partial charge >= 0.3 is 0 Å². The Hall–Kier alpha value is -2.00. The minimum absolute atomic E-state index is 0.188. The number of amides is 1. The summed E-state index contributed by atoms with van der Waals surface area (Å²) in [5.41, 5.74) is 9.56. The lowest BCUT2D eigenvalue weighted by atomic mass is 10.0. The molecule has 3 N–H and O–H groups in total. The maximum absolute atomic E-state index is 12.2. The van der Waals surface area contributed by atoms with Gasteiger partial charge in [0, 0.05) is 22.0 Å². The van der Waals surface area contributed by atoms with Crippen molar-refractivity contribution in [1.82, 2.24) is 0 Å². The Morgan fingerprint density at radius 1 is 1.16 bits per heavy atom. The van der Waals surface area contributed by atoms with E-state index in [0.29, 0.717) is 22.0 Å². The molecule has 1 amide bonds. The van der Waals surface area contributed by atoms with Crippen molar-refractivity contribution in [2.75, 3.05) is 11.1 Å². The zero-order valence-corrected chi connectivity index (χ0v) is 11.6. The molecule has 0 bridgehead atoms. The van der Waals surface area contributed by atoms with Gasteiger partial charge in [-0.05, 0) is 49.2 Å². The van der Waals surface area contributed by atoms with Gasteiger partial charge in [-0.2, -0.15) is 0 Å². The van der Waals surface area contributed by atoms with Crippen molar-refractivity contribution in [1.29, 1.82) is 0 Å². The van der Waals surface area contributed by atoms with Gasteiger partial charge in [-0.3, -0.25) is 4.79 Å². The quantitative estimate of drug-likeness (QED) is 0.819. The highest BCUT2D eigenvalue weighted by atomic mass is 35.5. The zero-order chi connectivity index (χ0) is 14.0. The summed E-state index contributed by atoms with van der Waals surface area (Å²) in [6.07, 6.45) is 0. The summed E-state index contributed by atoms with van der Waals surface area (Å²) in [4.78, 5) is 12.2. The van der Waals surface area contributed by atoms with Crippen molar-refractivity contribution in [2.24, 2.45) is 0 Å².